The van der Waals surface area contributed by atoms with Crippen molar-refractivity contribution in [3.63, 3.8) is 0 Å². The summed E-state index contributed by atoms with van der Waals surface area (Å²) in [6, 6.07) is -2.42. The lowest BCUT2D eigenvalue weighted by Crippen LogP contribution is -2.50. The maximum Gasteiger partial charge on any atom is 0.326 e. The van der Waals surface area contributed by atoms with Crippen LogP contribution in [0.15, 0.2) is 0 Å². The number of carboxylic acids is 2. The SMILES string of the molecule is O=C(O)C[C@H](NC(=O)NCC(=O)N1CCCCC1)C(=O)O. The molecule has 1 saturated heterocycles. The number of hydrogen-bond acceptors (Lipinski definition) is 4. The molecule has 1 fully saturated rings. The summed E-state index contributed by atoms with van der Waals surface area (Å²) in [6.07, 6.45) is 2.20. The average molecular weight is 301 g/mol. The van der Waals surface area contributed by atoms with Crippen LogP contribution in [0.5, 0.6) is 0 Å². The molecule has 0 radical (unpaired) electrons. The van der Waals surface area contributed by atoms with Gasteiger partial charge in [-0.3, -0.25) is 9.59 Å². The van der Waals surface area contributed by atoms with Gasteiger partial charge in [-0.1, -0.05) is 0 Å². The van der Waals surface area contributed by atoms with Crippen LogP contribution in [-0.4, -0.2) is 64.7 Å². The van der Waals surface area contributed by atoms with Crippen LogP contribution in [0.4, 0.5) is 4.79 Å². The summed E-state index contributed by atoms with van der Waals surface area (Å²) in [7, 11) is 0. The molecule has 0 unspecified atom stereocenters. The predicted octanol–water partition coefficient (Wildman–Crippen LogP) is -0.774. The highest BCUT2D eigenvalue weighted by atomic mass is 16.4. The molecule has 0 saturated carbocycles. The minimum Gasteiger partial charge on any atom is -0.481 e. The van der Waals surface area contributed by atoms with Crippen molar-refractivity contribution in [2.75, 3.05) is 19.6 Å². The zero-order valence-electron chi connectivity index (χ0n) is 11.5. The van der Waals surface area contributed by atoms with Crippen LogP contribution < -0.4 is 10.6 Å². The van der Waals surface area contributed by atoms with E-state index in [4.69, 9.17) is 10.2 Å². The molecule has 0 spiro atoms. The molecule has 4 N–H and O–H groups in total. The zero-order valence-corrected chi connectivity index (χ0v) is 11.5. The molecule has 0 aromatic carbocycles. The Kier molecular flexibility index (Phi) is 6.44. The van der Waals surface area contributed by atoms with E-state index >= 15 is 0 Å². The summed E-state index contributed by atoms with van der Waals surface area (Å²) < 4.78 is 0. The first-order valence-corrected chi connectivity index (χ1v) is 6.67. The maximum atomic E-state index is 11.8. The fourth-order valence-corrected chi connectivity index (χ4v) is 1.99. The first kappa shape index (κ1) is 16.7. The summed E-state index contributed by atoms with van der Waals surface area (Å²) in [5.41, 5.74) is 0. The Bertz CT molecular complexity index is 419. The van der Waals surface area contributed by atoms with Crippen molar-refractivity contribution in [2.45, 2.75) is 31.7 Å². The first-order chi connectivity index (χ1) is 9.90. The molecule has 21 heavy (non-hydrogen) atoms. The highest BCUT2D eigenvalue weighted by Crippen LogP contribution is 2.08. The van der Waals surface area contributed by atoms with Crippen LogP contribution in [0.1, 0.15) is 25.7 Å². The van der Waals surface area contributed by atoms with Gasteiger partial charge in [0.05, 0.1) is 13.0 Å². The molecule has 1 heterocycles. The third kappa shape index (κ3) is 6.11. The van der Waals surface area contributed by atoms with Crippen LogP contribution >= 0.6 is 0 Å². The number of piperidine rings is 1. The number of carbonyl (C=O) groups excluding carboxylic acids is 2. The largest absolute Gasteiger partial charge is 0.481 e. The van der Waals surface area contributed by atoms with Crippen molar-refractivity contribution >= 4 is 23.9 Å². The number of carbonyl (C=O) groups is 4. The molecule has 9 nitrogen and oxygen atoms in total. The second-order valence-corrected chi connectivity index (χ2v) is 4.76. The fourth-order valence-electron chi connectivity index (χ4n) is 1.99. The summed E-state index contributed by atoms with van der Waals surface area (Å²) >= 11 is 0. The Hall–Kier alpha value is -2.32. The Morgan fingerprint density at radius 1 is 1.05 bits per heavy atom. The number of amides is 3. The number of likely N-dealkylation sites (tertiary alicyclic amines) is 1. The van der Waals surface area contributed by atoms with Gasteiger partial charge >= 0.3 is 18.0 Å². The van der Waals surface area contributed by atoms with Gasteiger partial charge < -0.3 is 25.7 Å². The van der Waals surface area contributed by atoms with Crippen molar-refractivity contribution in [3.05, 3.63) is 0 Å². The Morgan fingerprint density at radius 2 is 1.67 bits per heavy atom. The van der Waals surface area contributed by atoms with E-state index in [0.717, 1.165) is 19.3 Å². The Morgan fingerprint density at radius 3 is 2.19 bits per heavy atom. The zero-order chi connectivity index (χ0) is 15.8. The molecule has 1 aliphatic rings. The van der Waals surface area contributed by atoms with Crippen molar-refractivity contribution in [2.24, 2.45) is 0 Å². The predicted molar refractivity (Wildman–Crippen MR) is 70.6 cm³/mol. The number of urea groups is 1. The molecule has 1 rings (SSSR count). The van der Waals surface area contributed by atoms with Crippen LogP contribution in [0.3, 0.4) is 0 Å². The third-order valence-electron chi connectivity index (χ3n) is 3.09. The van der Waals surface area contributed by atoms with Crippen molar-refractivity contribution in [3.8, 4) is 0 Å². The average Bonchev–Trinajstić information content (AvgIpc) is 2.44. The van der Waals surface area contributed by atoms with Gasteiger partial charge in [-0.05, 0) is 19.3 Å². The van der Waals surface area contributed by atoms with E-state index in [0.29, 0.717) is 13.1 Å². The van der Waals surface area contributed by atoms with E-state index in [1.165, 1.54) is 0 Å². The van der Waals surface area contributed by atoms with Gasteiger partial charge in [-0.15, -0.1) is 0 Å². The smallest absolute Gasteiger partial charge is 0.326 e. The molecule has 9 heteroatoms. The minimum absolute atomic E-state index is 0.241. The molecule has 0 aromatic heterocycles. The Labute approximate surface area is 121 Å². The molecule has 3 amide bonds. The van der Waals surface area contributed by atoms with E-state index < -0.39 is 30.4 Å². The summed E-state index contributed by atoms with van der Waals surface area (Å²) in [6.45, 7) is 1.06. The third-order valence-corrected chi connectivity index (χ3v) is 3.09. The molecule has 118 valence electrons. The van der Waals surface area contributed by atoms with Crippen molar-refractivity contribution in [1.82, 2.24) is 15.5 Å². The molecule has 0 bridgehead atoms. The summed E-state index contributed by atoms with van der Waals surface area (Å²) in [4.78, 5) is 46.1. The number of hydrogen-bond donors (Lipinski definition) is 4. The van der Waals surface area contributed by atoms with Gasteiger partial charge in [0.15, 0.2) is 0 Å². The fraction of sp³-hybridized carbons (Fsp3) is 0.667. The molecular weight excluding hydrogens is 282 g/mol. The topological polar surface area (TPSA) is 136 Å². The molecular formula is C12H19N3O6. The molecule has 0 aliphatic carbocycles. The molecule has 1 atom stereocenters. The van der Waals surface area contributed by atoms with Crippen LogP contribution in [0, 0.1) is 0 Å². The lowest BCUT2D eigenvalue weighted by atomic mass is 10.1. The number of rotatable bonds is 6. The van der Waals surface area contributed by atoms with Crippen molar-refractivity contribution < 1.29 is 29.4 Å². The monoisotopic (exact) mass is 301 g/mol. The van der Waals surface area contributed by atoms with E-state index in [1.54, 1.807) is 4.90 Å². The van der Waals surface area contributed by atoms with Gasteiger partial charge in [0, 0.05) is 13.1 Å². The number of nitrogens with one attached hydrogen (secondary N) is 2. The van der Waals surface area contributed by atoms with E-state index in [1.807, 2.05) is 5.32 Å². The minimum atomic E-state index is -1.53. The second-order valence-electron chi connectivity index (χ2n) is 4.76. The molecule has 0 aromatic rings. The van der Waals surface area contributed by atoms with Gasteiger partial charge in [0.2, 0.25) is 5.91 Å². The van der Waals surface area contributed by atoms with Gasteiger partial charge in [0.1, 0.15) is 6.04 Å². The number of carboxylic acid groups (broad SMARTS) is 2. The normalized spacial score (nSPS) is 15.9. The summed E-state index contributed by atoms with van der Waals surface area (Å²) in [5, 5.41) is 21.6. The number of nitrogens with zero attached hydrogens (tertiary/aromatic N) is 1. The second kappa shape index (κ2) is 8.08. The highest BCUT2D eigenvalue weighted by Gasteiger charge is 2.23. The highest BCUT2D eigenvalue weighted by molar-refractivity contribution is 5.88. The Balaban J connectivity index is 2.36. The maximum absolute atomic E-state index is 11.8. The van der Waals surface area contributed by atoms with Gasteiger partial charge in [0.25, 0.3) is 0 Å². The lowest BCUT2D eigenvalue weighted by molar-refractivity contribution is -0.145. The van der Waals surface area contributed by atoms with Gasteiger partial charge in [-0.2, -0.15) is 0 Å². The van der Waals surface area contributed by atoms with Crippen LogP contribution in [0.2, 0.25) is 0 Å². The van der Waals surface area contributed by atoms with E-state index in [9.17, 15) is 19.2 Å². The van der Waals surface area contributed by atoms with E-state index in [2.05, 4.69) is 5.32 Å². The van der Waals surface area contributed by atoms with Gasteiger partial charge in [-0.25, -0.2) is 9.59 Å². The lowest BCUT2D eigenvalue weighted by Gasteiger charge is -2.26. The first-order valence-electron chi connectivity index (χ1n) is 6.67. The number of aliphatic carboxylic acids is 2. The summed E-state index contributed by atoms with van der Waals surface area (Å²) in [5.74, 6) is -3.03. The van der Waals surface area contributed by atoms with Crippen LogP contribution in [-0.2, 0) is 14.4 Å². The van der Waals surface area contributed by atoms with Crippen LogP contribution in [0.25, 0.3) is 0 Å². The quantitative estimate of drug-likeness (QED) is 0.508. The van der Waals surface area contributed by atoms with E-state index in [-0.39, 0.29) is 12.5 Å². The molecule has 1 aliphatic heterocycles. The standard InChI is InChI=1S/C12H19N3O6/c16-9(15-4-2-1-3-5-15)7-13-12(21)14-8(11(19)20)6-10(17)18/h8H,1-7H2,(H,17,18)(H,19,20)(H2,13,14,21)/t8-/m0/s1. The van der Waals surface area contributed by atoms with Crippen molar-refractivity contribution in [1.29, 1.82) is 0 Å².